The summed E-state index contributed by atoms with van der Waals surface area (Å²) in [4.78, 5) is 0. The van der Waals surface area contributed by atoms with Crippen LogP contribution in [0.5, 0.6) is 0 Å². The highest BCUT2D eigenvalue weighted by Gasteiger charge is 2.37. The molecule has 2 rings (SSSR count). The van der Waals surface area contributed by atoms with Gasteiger partial charge in [0.05, 0.1) is 12.2 Å². The lowest BCUT2D eigenvalue weighted by Crippen LogP contribution is -2.38. The normalized spacial score (nSPS) is 41.2. The molecule has 2 fully saturated rings. The van der Waals surface area contributed by atoms with Crippen LogP contribution in [0.15, 0.2) is 0 Å². The highest BCUT2D eigenvalue weighted by Crippen LogP contribution is 2.43. The van der Waals surface area contributed by atoms with Gasteiger partial charge in [-0.3, -0.25) is 0 Å². The second kappa shape index (κ2) is 6.13. The maximum Gasteiger partial charge on any atom is 0.0573 e. The zero-order chi connectivity index (χ0) is 14.0. The Morgan fingerprint density at radius 3 is 2.00 bits per heavy atom. The lowest BCUT2D eigenvalue weighted by molar-refractivity contribution is -0.0142. The van der Waals surface area contributed by atoms with Crippen molar-refractivity contribution in [2.45, 2.75) is 84.3 Å². The zero-order valence-electron chi connectivity index (χ0n) is 12.9. The van der Waals surface area contributed by atoms with Gasteiger partial charge in [-0.1, -0.05) is 20.8 Å². The Morgan fingerprint density at radius 1 is 0.842 bits per heavy atom. The molecule has 0 aromatic rings. The highest BCUT2D eigenvalue weighted by molar-refractivity contribution is 4.88. The van der Waals surface area contributed by atoms with E-state index in [0.717, 1.165) is 31.1 Å². The molecule has 2 saturated carbocycles. The van der Waals surface area contributed by atoms with Gasteiger partial charge in [0.2, 0.25) is 0 Å². The molecule has 0 aliphatic heterocycles. The third-order valence-electron chi connectivity index (χ3n) is 5.52. The molecule has 112 valence electrons. The minimum atomic E-state index is -0.0931. The zero-order valence-corrected chi connectivity index (χ0v) is 12.9. The van der Waals surface area contributed by atoms with Crippen molar-refractivity contribution < 1.29 is 10.2 Å². The number of aliphatic hydroxyl groups excluding tert-OH is 2. The lowest BCUT2D eigenvalue weighted by Gasteiger charge is -2.42. The molecule has 0 amide bonds. The number of hydrogen-bond donors (Lipinski definition) is 2. The van der Waals surface area contributed by atoms with Crippen LogP contribution in [0.1, 0.15) is 72.1 Å². The molecule has 3 atom stereocenters. The van der Waals surface area contributed by atoms with Crippen molar-refractivity contribution in [3.05, 3.63) is 0 Å². The Morgan fingerprint density at radius 2 is 1.42 bits per heavy atom. The first-order valence-corrected chi connectivity index (χ1v) is 8.22. The summed E-state index contributed by atoms with van der Waals surface area (Å²) in [5, 5.41) is 19.8. The largest absolute Gasteiger partial charge is 0.393 e. The molecule has 19 heavy (non-hydrogen) atoms. The van der Waals surface area contributed by atoms with Gasteiger partial charge in [0.25, 0.3) is 0 Å². The average molecular weight is 268 g/mol. The van der Waals surface area contributed by atoms with Gasteiger partial charge in [-0.25, -0.2) is 0 Å². The van der Waals surface area contributed by atoms with Crippen molar-refractivity contribution in [2.75, 3.05) is 0 Å². The minimum Gasteiger partial charge on any atom is -0.393 e. The molecule has 0 heterocycles. The summed E-state index contributed by atoms with van der Waals surface area (Å²) in [6, 6.07) is 0. The smallest absolute Gasteiger partial charge is 0.0573 e. The first-order chi connectivity index (χ1) is 8.86. The molecule has 2 N–H and O–H groups in total. The number of rotatable bonds is 2. The highest BCUT2D eigenvalue weighted by atomic mass is 16.3. The van der Waals surface area contributed by atoms with Gasteiger partial charge in [0.15, 0.2) is 0 Å². The van der Waals surface area contributed by atoms with Crippen molar-refractivity contribution in [1.29, 1.82) is 0 Å². The van der Waals surface area contributed by atoms with Gasteiger partial charge in [0, 0.05) is 0 Å². The summed E-state index contributed by atoms with van der Waals surface area (Å²) < 4.78 is 0. The second-order valence-electron chi connectivity index (χ2n) is 8.13. The fourth-order valence-electron chi connectivity index (χ4n) is 4.24. The van der Waals surface area contributed by atoms with Crippen LogP contribution in [0, 0.1) is 23.2 Å². The number of aliphatic hydroxyl groups is 2. The van der Waals surface area contributed by atoms with E-state index in [-0.39, 0.29) is 17.6 Å². The standard InChI is InChI=1S/C17H32O2/c1-17(2,3)15-11-13(6-9-16(15)19)10-12-4-7-14(18)8-5-12/h12-16,18-19H,4-11H2,1-3H3. The van der Waals surface area contributed by atoms with Gasteiger partial charge < -0.3 is 10.2 Å². The summed E-state index contributed by atoms with van der Waals surface area (Å²) in [6.07, 6.45) is 9.01. The summed E-state index contributed by atoms with van der Waals surface area (Å²) >= 11 is 0. The average Bonchev–Trinajstić information content (AvgIpc) is 2.33. The van der Waals surface area contributed by atoms with Gasteiger partial charge in [0.1, 0.15) is 0 Å². The maximum absolute atomic E-state index is 10.2. The summed E-state index contributed by atoms with van der Waals surface area (Å²) in [5.41, 5.74) is 0.223. The van der Waals surface area contributed by atoms with E-state index in [2.05, 4.69) is 20.8 Å². The fraction of sp³-hybridized carbons (Fsp3) is 1.00. The summed E-state index contributed by atoms with van der Waals surface area (Å²) in [5.74, 6) is 2.08. The molecule has 0 radical (unpaired) electrons. The Kier molecular flexibility index (Phi) is 4.94. The summed E-state index contributed by atoms with van der Waals surface area (Å²) in [6.45, 7) is 6.79. The first kappa shape index (κ1) is 15.3. The van der Waals surface area contributed by atoms with Crippen LogP contribution in [-0.4, -0.2) is 22.4 Å². The predicted molar refractivity (Wildman–Crippen MR) is 78.9 cm³/mol. The van der Waals surface area contributed by atoms with E-state index in [1.165, 1.54) is 32.1 Å². The molecule has 0 bridgehead atoms. The molecule has 0 aromatic heterocycles. The van der Waals surface area contributed by atoms with Crippen LogP contribution < -0.4 is 0 Å². The summed E-state index contributed by atoms with van der Waals surface area (Å²) in [7, 11) is 0. The molecule has 0 aromatic carbocycles. The molecular weight excluding hydrogens is 236 g/mol. The number of hydrogen-bond acceptors (Lipinski definition) is 2. The Hall–Kier alpha value is -0.0800. The minimum absolute atomic E-state index is 0.0354. The van der Waals surface area contributed by atoms with Crippen molar-refractivity contribution in [1.82, 2.24) is 0 Å². The fourth-order valence-corrected chi connectivity index (χ4v) is 4.24. The van der Waals surface area contributed by atoms with Crippen molar-refractivity contribution in [3.8, 4) is 0 Å². The monoisotopic (exact) mass is 268 g/mol. The Bertz CT molecular complexity index is 273. The Balaban J connectivity index is 1.85. The molecule has 2 heteroatoms. The third-order valence-corrected chi connectivity index (χ3v) is 5.52. The van der Waals surface area contributed by atoms with Gasteiger partial charge in [-0.05, 0) is 74.5 Å². The topological polar surface area (TPSA) is 40.5 Å². The quantitative estimate of drug-likeness (QED) is 0.800. The SMILES string of the molecule is CC(C)(C)C1CC(CC2CCC(O)CC2)CCC1O. The van der Waals surface area contributed by atoms with Gasteiger partial charge >= 0.3 is 0 Å². The third kappa shape index (κ3) is 4.19. The molecule has 0 saturated heterocycles. The van der Waals surface area contributed by atoms with E-state index < -0.39 is 0 Å². The van der Waals surface area contributed by atoms with Crippen LogP contribution in [0.4, 0.5) is 0 Å². The molecule has 3 unspecified atom stereocenters. The Labute approximate surface area is 118 Å². The lowest BCUT2D eigenvalue weighted by atomic mass is 9.65. The van der Waals surface area contributed by atoms with E-state index in [1.54, 1.807) is 0 Å². The van der Waals surface area contributed by atoms with Gasteiger partial charge in [-0.15, -0.1) is 0 Å². The van der Waals surface area contributed by atoms with E-state index in [1.807, 2.05) is 0 Å². The van der Waals surface area contributed by atoms with E-state index >= 15 is 0 Å². The van der Waals surface area contributed by atoms with E-state index in [4.69, 9.17) is 0 Å². The predicted octanol–water partition coefficient (Wildman–Crippen LogP) is 3.75. The van der Waals surface area contributed by atoms with Crippen LogP contribution in [0.25, 0.3) is 0 Å². The van der Waals surface area contributed by atoms with E-state index in [9.17, 15) is 10.2 Å². The van der Waals surface area contributed by atoms with Crippen molar-refractivity contribution in [3.63, 3.8) is 0 Å². The second-order valence-corrected chi connectivity index (χ2v) is 8.13. The molecule has 2 aliphatic rings. The first-order valence-electron chi connectivity index (χ1n) is 8.22. The van der Waals surface area contributed by atoms with Crippen LogP contribution in [-0.2, 0) is 0 Å². The van der Waals surface area contributed by atoms with Crippen molar-refractivity contribution in [2.24, 2.45) is 23.2 Å². The van der Waals surface area contributed by atoms with Crippen LogP contribution in [0.3, 0.4) is 0 Å². The van der Waals surface area contributed by atoms with Gasteiger partial charge in [-0.2, -0.15) is 0 Å². The maximum atomic E-state index is 10.2. The molecule has 0 spiro atoms. The van der Waals surface area contributed by atoms with Crippen molar-refractivity contribution >= 4 is 0 Å². The molecule has 2 aliphatic carbocycles. The van der Waals surface area contributed by atoms with E-state index in [0.29, 0.717) is 5.92 Å². The van der Waals surface area contributed by atoms with Crippen LogP contribution >= 0.6 is 0 Å². The molecule has 2 nitrogen and oxygen atoms in total. The van der Waals surface area contributed by atoms with Crippen LogP contribution in [0.2, 0.25) is 0 Å². The molecular formula is C17H32O2.